The maximum atomic E-state index is 13.7. The van der Waals surface area contributed by atoms with Crippen molar-refractivity contribution in [1.29, 1.82) is 0 Å². The highest BCUT2D eigenvalue weighted by Crippen LogP contribution is 2.26. The lowest BCUT2D eigenvalue weighted by Gasteiger charge is -2.28. The highest BCUT2D eigenvalue weighted by Gasteiger charge is 2.26. The average molecular weight is 496 g/mol. The molecule has 1 amide bonds. The fourth-order valence-corrected chi connectivity index (χ4v) is 5.60. The first-order valence-corrected chi connectivity index (χ1v) is 13.7. The standard InChI is InChI=1S/C26H33N5O3S/c1-21-24(20-28(2)27-21)26(32)30-17-16-29(18-22-10-5-4-6-11-22)14-9-15-31(35(3,33)34)25-13-8-7-12-23(25)19-30/h4-8,10-13,20H,9,14-19H2,1-3H3. The summed E-state index contributed by atoms with van der Waals surface area (Å²) in [7, 11) is -1.69. The third kappa shape index (κ3) is 6.10. The molecule has 8 nitrogen and oxygen atoms in total. The van der Waals surface area contributed by atoms with Crippen molar-refractivity contribution in [3.05, 3.63) is 83.2 Å². The lowest BCUT2D eigenvalue weighted by molar-refractivity contribution is 0.0719. The van der Waals surface area contributed by atoms with Crippen LogP contribution in [0.15, 0.2) is 60.8 Å². The Labute approximate surface area is 207 Å². The molecule has 0 unspecified atom stereocenters. The number of fused-ring (bicyclic) bond motifs is 1. The van der Waals surface area contributed by atoms with Crippen LogP contribution in [0.25, 0.3) is 0 Å². The number of sulfonamides is 1. The number of aromatic nitrogens is 2. The van der Waals surface area contributed by atoms with Crippen LogP contribution in [0.3, 0.4) is 0 Å². The number of hydrogen-bond acceptors (Lipinski definition) is 5. The van der Waals surface area contributed by atoms with Crippen LogP contribution in [0, 0.1) is 6.92 Å². The van der Waals surface area contributed by atoms with Gasteiger partial charge in [-0.2, -0.15) is 5.10 Å². The lowest BCUT2D eigenvalue weighted by Crippen LogP contribution is -2.38. The second-order valence-corrected chi connectivity index (χ2v) is 11.0. The molecule has 0 bridgehead atoms. The minimum absolute atomic E-state index is 0.102. The van der Waals surface area contributed by atoms with Crippen LogP contribution in [0.4, 0.5) is 5.69 Å². The fourth-order valence-electron chi connectivity index (χ4n) is 4.60. The van der Waals surface area contributed by atoms with Gasteiger partial charge in [0.2, 0.25) is 10.0 Å². The van der Waals surface area contributed by atoms with Crippen LogP contribution < -0.4 is 4.31 Å². The minimum Gasteiger partial charge on any atom is -0.333 e. The molecular weight excluding hydrogens is 462 g/mol. The molecule has 0 radical (unpaired) electrons. The molecule has 0 saturated carbocycles. The van der Waals surface area contributed by atoms with E-state index < -0.39 is 10.0 Å². The molecule has 1 aliphatic rings. The first kappa shape index (κ1) is 24.9. The molecule has 35 heavy (non-hydrogen) atoms. The first-order chi connectivity index (χ1) is 16.7. The van der Waals surface area contributed by atoms with Gasteiger partial charge in [0.1, 0.15) is 0 Å². The van der Waals surface area contributed by atoms with E-state index in [2.05, 4.69) is 22.1 Å². The number of nitrogens with zero attached hydrogens (tertiary/aromatic N) is 5. The Kier molecular flexibility index (Phi) is 7.57. The zero-order valence-corrected chi connectivity index (χ0v) is 21.4. The smallest absolute Gasteiger partial charge is 0.257 e. The van der Waals surface area contributed by atoms with E-state index in [0.717, 1.165) is 18.7 Å². The predicted octanol–water partition coefficient (Wildman–Crippen LogP) is 3.04. The van der Waals surface area contributed by atoms with Crippen molar-refractivity contribution in [2.24, 2.45) is 7.05 Å². The van der Waals surface area contributed by atoms with E-state index in [1.54, 1.807) is 17.9 Å². The third-order valence-corrected chi connectivity index (χ3v) is 7.50. The van der Waals surface area contributed by atoms with Gasteiger partial charge in [-0.05, 0) is 30.5 Å². The molecule has 0 spiro atoms. The van der Waals surface area contributed by atoms with Gasteiger partial charge in [-0.25, -0.2) is 8.42 Å². The maximum absolute atomic E-state index is 13.7. The van der Waals surface area contributed by atoms with E-state index in [0.29, 0.717) is 49.5 Å². The van der Waals surface area contributed by atoms with Crippen molar-refractivity contribution in [3.8, 4) is 0 Å². The topological polar surface area (TPSA) is 78.8 Å². The number of anilines is 1. The SMILES string of the molecule is Cc1nn(C)cc1C(=O)N1CCN(Cc2ccccc2)CCCN(S(C)(=O)=O)c2ccccc2C1. The van der Waals surface area contributed by atoms with Gasteiger partial charge in [-0.1, -0.05) is 48.5 Å². The highest BCUT2D eigenvalue weighted by molar-refractivity contribution is 7.92. The average Bonchev–Trinajstić information content (AvgIpc) is 3.14. The summed E-state index contributed by atoms with van der Waals surface area (Å²) in [6.07, 6.45) is 3.68. The van der Waals surface area contributed by atoms with Crippen LogP contribution in [-0.2, 0) is 30.2 Å². The molecule has 2 heterocycles. The maximum Gasteiger partial charge on any atom is 0.257 e. The van der Waals surface area contributed by atoms with E-state index in [-0.39, 0.29) is 5.91 Å². The number of carbonyl (C=O) groups is 1. The Bertz CT molecular complexity index is 1270. The Morgan fingerprint density at radius 3 is 2.37 bits per heavy atom. The summed E-state index contributed by atoms with van der Waals surface area (Å²) < 4.78 is 28.7. The normalized spacial score (nSPS) is 16.0. The van der Waals surface area contributed by atoms with Crippen LogP contribution >= 0.6 is 0 Å². The summed E-state index contributed by atoms with van der Waals surface area (Å²) >= 11 is 0. The third-order valence-electron chi connectivity index (χ3n) is 6.32. The van der Waals surface area contributed by atoms with Gasteiger partial charge >= 0.3 is 0 Å². The zero-order valence-electron chi connectivity index (χ0n) is 20.6. The molecule has 2 aromatic carbocycles. The van der Waals surface area contributed by atoms with Gasteiger partial charge in [0, 0.05) is 52.5 Å². The number of carbonyl (C=O) groups excluding carboxylic acids is 1. The molecule has 0 atom stereocenters. The summed E-state index contributed by atoms with van der Waals surface area (Å²) in [5, 5.41) is 4.35. The van der Waals surface area contributed by atoms with Crippen LogP contribution in [-0.4, -0.2) is 66.3 Å². The molecule has 0 aliphatic carbocycles. The van der Waals surface area contributed by atoms with E-state index in [9.17, 15) is 13.2 Å². The van der Waals surface area contributed by atoms with E-state index in [4.69, 9.17) is 0 Å². The van der Waals surface area contributed by atoms with Gasteiger partial charge in [-0.3, -0.25) is 18.7 Å². The van der Waals surface area contributed by atoms with Crippen molar-refractivity contribution < 1.29 is 13.2 Å². The summed E-state index contributed by atoms with van der Waals surface area (Å²) in [6.45, 7) is 5.19. The fraction of sp³-hybridized carbons (Fsp3) is 0.385. The number of amides is 1. The van der Waals surface area contributed by atoms with Crippen molar-refractivity contribution >= 4 is 21.6 Å². The second kappa shape index (κ2) is 10.6. The van der Waals surface area contributed by atoms with Crippen LogP contribution in [0.2, 0.25) is 0 Å². The van der Waals surface area contributed by atoms with E-state index in [1.807, 2.05) is 54.3 Å². The van der Waals surface area contributed by atoms with Gasteiger partial charge in [0.25, 0.3) is 5.91 Å². The van der Waals surface area contributed by atoms with E-state index >= 15 is 0 Å². The van der Waals surface area contributed by atoms with Crippen molar-refractivity contribution in [2.75, 3.05) is 36.7 Å². The number of benzene rings is 2. The van der Waals surface area contributed by atoms with Crippen molar-refractivity contribution in [1.82, 2.24) is 19.6 Å². The first-order valence-electron chi connectivity index (χ1n) is 11.8. The monoisotopic (exact) mass is 495 g/mol. The van der Waals surface area contributed by atoms with Gasteiger partial charge < -0.3 is 4.90 Å². The minimum atomic E-state index is -3.49. The number of hydrogen-bond donors (Lipinski definition) is 0. The molecule has 0 saturated heterocycles. The summed E-state index contributed by atoms with van der Waals surface area (Å²) in [4.78, 5) is 17.8. The van der Waals surface area contributed by atoms with Gasteiger partial charge in [0.15, 0.2) is 0 Å². The lowest BCUT2D eigenvalue weighted by atomic mass is 10.1. The largest absolute Gasteiger partial charge is 0.333 e. The molecule has 9 heteroatoms. The molecule has 0 N–H and O–H groups in total. The highest BCUT2D eigenvalue weighted by atomic mass is 32.2. The molecule has 4 rings (SSSR count). The Balaban J connectivity index is 1.70. The quantitative estimate of drug-likeness (QED) is 0.556. The number of rotatable bonds is 4. The van der Waals surface area contributed by atoms with Crippen LogP contribution in [0.1, 0.15) is 33.6 Å². The Hall–Kier alpha value is -3.17. The molecular formula is C26H33N5O3S. The molecule has 186 valence electrons. The van der Waals surface area contributed by atoms with Crippen molar-refractivity contribution in [3.63, 3.8) is 0 Å². The van der Waals surface area contributed by atoms with Gasteiger partial charge in [-0.15, -0.1) is 0 Å². The molecule has 3 aromatic rings. The summed E-state index contributed by atoms with van der Waals surface area (Å²) in [6, 6.07) is 17.7. The molecule has 1 aliphatic heterocycles. The molecule has 0 fully saturated rings. The summed E-state index contributed by atoms with van der Waals surface area (Å²) in [5.41, 5.74) is 3.87. The Morgan fingerprint density at radius 1 is 0.971 bits per heavy atom. The zero-order chi connectivity index (χ0) is 25.0. The Morgan fingerprint density at radius 2 is 1.69 bits per heavy atom. The number of para-hydroxylation sites is 1. The van der Waals surface area contributed by atoms with Crippen LogP contribution in [0.5, 0.6) is 0 Å². The predicted molar refractivity (Wildman–Crippen MR) is 138 cm³/mol. The molecule has 1 aromatic heterocycles. The summed E-state index contributed by atoms with van der Waals surface area (Å²) in [5.74, 6) is -0.102. The number of aryl methyl sites for hydroxylation is 2. The van der Waals surface area contributed by atoms with E-state index in [1.165, 1.54) is 16.1 Å². The second-order valence-electron chi connectivity index (χ2n) is 9.11. The van der Waals surface area contributed by atoms with Crippen molar-refractivity contribution in [2.45, 2.75) is 26.4 Å². The van der Waals surface area contributed by atoms with Gasteiger partial charge in [0.05, 0.1) is 23.2 Å².